The van der Waals surface area contributed by atoms with Gasteiger partial charge in [-0.25, -0.2) is 4.79 Å². The zero-order chi connectivity index (χ0) is 40.4. The van der Waals surface area contributed by atoms with Crippen LogP contribution in [0.5, 0.6) is 0 Å². The molecule has 56 heavy (non-hydrogen) atoms. The number of ether oxygens (including phenoxy) is 2. The Kier molecular flexibility index (Phi) is 13.6. The number of esters is 1. The van der Waals surface area contributed by atoms with Crippen molar-refractivity contribution in [1.29, 1.82) is 0 Å². The van der Waals surface area contributed by atoms with E-state index in [4.69, 9.17) is 9.47 Å². The van der Waals surface area contributed by atoms with Gasteiger partial charge in [-0.05, 0) is 78.6 Å². The molecule has 0 unspecified atom stereocenters. The van der Waals surface area contributed by atoms with E-state index in [9.17, 15) is 29.1 Å². The van der Waals surface area contributed by atoms with Gasteiger partial charge in [0.25, 0.3) is 0 Å². The molecule has 4 aromatic carbocycles. The van der Waals surface area contributed by atoms with Crippen LogP contribution in [0.2, 0.25) is 0 Å². The van der Waals surface area contributed by atoms with Crippen molar-refractivity contribution in [2.24, 2.45) is 5.92 Å². The Morgan fingerprint density at radius 2 is 1.30 bits per heavy atom. The monoisotopic (exact) mass is 762 g/mol. The van der Waals surface area contributed by atoms with Crippen molar-refractivity contribution in [2.45, 2.75) is 83.7 Å². The summed E-state index contributed by atoms with van der Waals surface area (Å²) in [6.07, 6.45) is -1.25. The third kappa shape index (κ3) is 10.4. The fraction of sp³-hybridized carbons (Fsp3) is 0.341. The number of aliphatic hydroxyl groups excluding tert-OH is 1. The minimum atomic E-state index is -1.28. The van der Waals surface area contributed by atoms with Crippen LogP contribution in [0.25, 0.3) is 11.1 Å². The van der Waals surface area contributed by atoms with Crippen molar-refractivity contribution in [2.75, 3.05) is 11.9 Å². The van der Waals surface area contributed by atoms with E-state index in [0.29, 0.717) is 11.3 Å². The lowest BCUT2D eigenvalue weighted by Gasteiger charge is -2.27. The predicted molar refractivity (Wildman–Crippen MR) is 212 cm³/mol. The fourth-order valence-electron chi connectivity index (χ4n) is 6.65. The molecule has 5 N–H and O–H groups in total. The van der Waals surface area contributed by atoms with Gasteiger partial charge in [-0.2, -0.15) is 0 Å². The molecule has 0 fully saturated rings. The number of fused-ring (bicyclic) bond motifs is 3. The average Bonchev–Trinajstić information content (AvgIpc) is 3.51. The summed E-state index contributed by atoms with van der Waals surface area (Å²) < 4.78 is 11.5. The molecule has 0 heterocycles. The zero-order valence-corrected chi connectivity index (χ0v) is 32.3. The second-order valence-electron chi connectivity index (χ2n) is 14.7. The Morgan fingerprint density at radius 1 is 0.714 bits per heavy atom. The number of benzene rings is 4. The number of aliphatic hydroxyl groups is 1. The highest BCUT2D eigenvalue weighted by Crippen LogP contribution is 2.44. The van der Waals surface area contributed by atoms with Gasteiger partial charge in [0.15, 0.2) is 0 Å². The second kappa shape index (κ2) is 18.5. The topological polar surface area (TPSA) is 172 Å². The molecule has 3 atom stereocenters. The van der Waals surface area contributed by atoms with Crippen molar-refractivity contribution < 1.29 is 38.6 Å². The summed E-state index contributed by atoms with van der Waals surface area (Å²) in [4.78, 5) is 66.9. The van der Waals surface area contributed by atoms with E-state index in [1.807, 2.05) is 78.9 Å². The highest BCUT2D eigenvalue weighted by Gasteiger charge is 2.33. The Bertz CT molecular complexity index is 1970. The van der Waals surface area contributed by atoms with Gasteiger partial charge in [-0.15, -0.1) is 0 Å². The lowest BCUT2D eigenvalue weighted by atomic mass is 9.98. The molecule has 1 aliphatic rings. The van der Waals surface area contributed by atoms with E-state index in [1.165, 1.54) is 6.92 Å². The average molecular weight is 763 g/mol. The third-order valence-electron chi connectivity index (χ3n) is 9.83. The summed E-state index contributed by atoms with van der Waals surface area (Å²) in [6, 6.07) is 28.3. The number of hydrogen-bond acceptors (Lipinski definition) is 8. The third-order valence-corrected chi connectivity index (χ3v) is 9.83. The Balaban J connectivity index is 1.26. The smallest absolute Gasteiger partial charge is 0.407 e. The number of carbonyl (C=O) groups excluding carboxylic acids is 5. The van der Waals surface area contributed by atoms with Crippen LogP contribution >= 0.6 is 0 Å². The van der Waals surface area contributed by atoms with E-state index in [-0.39, 0.29) is 32.0 Å². The number of anilines is 1. The predicted octanol–water partition coefficient (Wildman–Crippen LogP) is 5.93. The molecule has 4 amide bonds. The molecule has 1 aliphatic carbocycles. The van der Waals surface area contributed by atoms with Crippen molar-refractivity contribution in [1.82, 2.24) is 16.0 Å². The van der Waals surface area contributed by atoms with Crippen LogP contribution in [0, 0.1) is 5.92 Å². The van der Waals surface area contributed by atoms with Crippen molar-refractivity contribution in [3.63, 3.8) is 0 Å². The summed E-state index contributed by atoms with van der Waals surface area (Å²) in [6.45, 7) is 8.37. The lowest BCUT2D eigenvalue weighted by molar-refractivity contribution is -0.157. The molecule has 12 nitrogen and oxygen atoms in total. The van der Waals surface area contributed by atoms with Gasteiger partial charge in [0.2, 0.25) is 17.7 Å². The van der Waals surface area contributed by atoms with Crippen LogP contribution in [-0.4, -0.2) is 59.6 Å². The minimum Gasteiger partial charge on any atom is -0.455 e. The molecule has 0 spiro atoms. The minimum absolute atomic E-state index is 0.00403. The second-order valence-corrected chi connectivity index (χ2v) is 14.7. The summed E-state index contributed by atoms with van der Waals surface area (Å²) in [5.41, 5.74) is 5.16. The van der Waals surface area contributed by atoms with Crippen LogP contribution in [0.15, 0.2) is 103 Å². The molecule has 0 aliphatic heterocycles. The molecule has 0 saturated carbocycles. The van der Waals surface area contributed by atoms with Gasteiger partial charge in [-0.3, -0.25) is 19.2 Å². The lowest BCUT2D eigenvalue weighted by Crippen LogP contribution is -2.57. The first-order valence-corrected chi connectivity index (χ1v) is 18.8. The summed E-state index contributed by atoms with van der Waals surface area (Å²) in [5, 5.41) is 20.0. The van der Waals surface area contributed by atoms with Crippen LogP contribution in [0.1, 0.15) is 75.6 Å². The number of carbonyl (C=O) groups is 5. The summed E-state index contributed by atoms with van der Waals surface area (Å²) in [5.74, 6) is -3.06. The van der Waals surface area contributed by atoms with Crippen LogP contribution in [0.4, 0.5) is 10.5 Å². The first-order valence-electron chi connectivity index (χ1n) is 18.8. The first kappa shape index (κ1) is 41.2. The van der Waals surface area contributed by atoms with Gasteiger partial charge >= 0.3 is 12.1 Å². The van der Waals surface area contributed by atoms with E-state index in [0.717, 1.165) is 27.8 Å². The first-order chi connectivity index (χ1) is 26.8. The van der Waals surface area contributed by atoms with Crippen LogP contribution < -0.4 is 21.3 Å². The van der Waals surface area contributed by atoms with Crippen LogP contribution in [-0.2, 0) is 40.9 Å². The van der Waals surface area contributed by atoms with E-state index in [1.54, 1.807) is 52.0 Å². The van der Waals surface area contributed by atoms with Crippen molar-refractivity contribution >= 4 is 35.5 Å². The number of hydrogen-bond donors (Lipinski definition) is 5. The molecular weight excluding hydrogens is 713 g/mol. The van der Waals surface area contributed by atoms with Gasteiger partial charge < -0.3 is 35.8 Å². The van der Waals surface area contributed by atoms with Gasteiger partial charge in [0.05, 0.1) is 6.61 Å². The standard InChI is InChI=1S/C44H50N4O8/c1-27(2)39(42(53)45-28(3)40(51)46-31-21-19-29(25-49)20-22-31)48-41(52)37(23-24-38(50)56-44(4,5)30-13-7-6-8-14-30)47-43(54)55-26-36-34-17-11-9-15-32(34)33-16-10-12-18-35(33)36/h6-22,27-28,36-37,39,49H,23-26H2,1-5H3,(H,45,53)(H,46,51)(H,47,54)(H,48,52)/t28-,37-,39-/m0/s1. The molecule has 0 saturated heterocycles. The molecule has 0 radical (unpaired) electrons. The highest BCUT2D eigenvalue weighted by atomic mass is 16.6. The van der Waals surface area contributed by atoms with Gasteiger partial charge in [0, 0.05) is 18.0 Å². The van der Waals surface area contributed by atoms with E-state index < -0.39 is 59.4 Å². The maximum absolute atomic E-state index is 13.9. The molecule has 0 bridgehead atoms. The van der Waals surface area contributed by atoms with E-state index >= 15 is 0 Å². The molecule has 12 heteroatoms. The van der Waals surface area contributed by atoms with Gasteiger partial charge in [-0.1, -0.05) is 105 Å². The summed E-state index contributed by atoms with van der Waals surface area (Å²) >= 11 is 0. The highest BCUT2D eigenvalue weighted by molar-refractivity contribution is 5.98. The molecule has 5 rings (SSSR count). The quantitative estimate of drug-likeness (QED) is 0.0875. The van der Waals surface area contributed by atoms with E-state index in [2.05, 4.69) is 21.3 Å². The van der Waals surface area contributed by atoms with Gasteiger partial charge in [0.1, 0.15) is 30.3 Å². The normalized spacial score (nSPS) is 13.7. The maximum Gasteiger partial charge on any atom is 0.407 e. The van der Waals surface area contributed by atoms with Crippen LogP contribution in [0.3, 0.4) is 0 Å². The number of amides is 4. The van der Waals surface area contributed by atoms with Crippen molar-refractivity contribution in [3.8, 4) is 11.1 Å². The zero-order valence-electron chi connectivity index (χ0n) is 32.3. The fourth-order valence-corrected chi connectivity index (χ4v) is 6.65. The molecular formula is C44H50N4O8. The number of nitrogens with one attached hydrogen (secondary N) is 4. The Hall–Kier alpha value is -6.01. The Labute approximate surface area is 327 Å². The molecule has 4 aromatic rings. The maximum atomic E-state index is 13.9. The largest absolute Gasteiger partial charge is 0.455 e. The Morgan fingerprint density at radius 3 is 1.89 bits per heavy atom. The number of rotatable bonds is 16. The SMILES string of the molecule is CC(C)[C@H](NC(=O)[C@H](CCC(=O)OC(C)(C)c1ccccc1)NC(=O)OCC1c2ccccc2-c2ccccc21)C(=O)N[C@@H](C)C(=O)Nc1ccc(CO)cc1. The number of alkyl carbamates (subject to hydrolysis) is 1. The summed E-state index contributed by atoms with van der Waals surface area (Å²) in [7, 11) is 0. The molecule has 0 aromatic heterocycles. The molecule has 294 valence electrons. The van der Waals surface area contributed by atoms with Crippen molar-refractivity contribution in [3.05, 3.63) is 125 Å².